The van der Waals surface area contributed by atoms with Crippen molar-refractivity contribution < 1.29 is 0 Å². The third-order valence-electron chi connectivity index (χ3n) is 6.64. The van der Waals surface area contributed by atoms with Crippen LogP contribution in [0.5, 0.6) is 0 Å². The molecule has 2 aromatic rings. The maximum atomic E-state index is 12.9. The molecule has 3 heterocycles. The minimum absolute atomic E-state index is 0.0714. The summed E-state index contributed by atoms with van der Waals surface area (Å²) < 4.78 is 1.86. The van der Waals surface area contributed by atoms with Crippen LogP contribution in [0.2, 0.25) is 5.15 Å². The molecule has 2 fully saturated rings. The number of halogens is 1. The molecule has 0 N–H and O–H groups in total. The van der Waals surface area contributed by atoms with Crippen molar-refractivity contribution in [3.05, 3.63) is 45.5 Å². The number of hydrogen-bond acceptors (Lipinski definition) is 3. The Morgan fingerprint density at radius 3 is 2.48 bits per heavy atom. The van der Waals surface area contributed by atoms with Crippen LogP contribution < -0.4 is 5.56 Å². The van der Waals surface area contributed by atoms with Gasteiger partial charge >= 0.3 is 0 Å². The van der Waals surface area contributed by atoms with E-state index >= 15 is 0 Å². The Hall–Kier alpha value is -1.81. The number of benzene rings is 1. The monoisotopic (exact) mass is 383 g/mol. The second-order valence-electron chi connectivity index (χ2n) is 8.23. The fraction of sp³-hybridized carbons (Fsp3) is 0.545. The van der Waals surface area contributed by atoms with Crippen LogP contribution in [0, 0.1) is 0 Å². The Morgan fingerprint density at radius 2 is 1.67 bits per heavy atom. The maximum Gasteiger partial charge on any atom is 0.293 e. The van der Waals surface area contributed by atoms with E-state index in [2.05, 4.69) is 9.88 Å². The first kappa shape index (κ1) is 17.3. The number of rotatable bonds is 2. The van der Waals surface area contributed by atoms with Crippen LogP contribution >= 0.6 is 11.6 Å². The van der Waals surface area contributed by atoms with Gasteiger partial charge < -0.3 is 4.90 Å². The minimum Gasteiger partial charge on any atom is -0.367 e. The zero-order valence-corrected chi connectivity index (χ0v) is 16.4. The minimum atomic E-state index is -0.178. The lowest BCUT2D eigenvalue weighted by Gasteiger charge is -2.33. The molecule has 0 radical (unpaired) electrons. The highest BCUT2D eigenvalue weighted by Gasteiger charge is 2.42. The van der Waals surface area contributed by atoms with Crippen molar-refractivity contribution >= 4 is 28.3 Å². The SMILES string of the molecule is O=c1c(Cl)nc2ccccc2n1C1=C2CC[C@@H](C1)N2C1CCCCCCC1. The summed E-state index contributed by atoms with van der Waals surface area (Å²) in [6, 6.07) is 9.03. The summed E-state index contributed by atoms with van der Waals surface area (Å²) in [5, 5.41) is 0.0714. The highest BCUT2D eigenvalue weighted by Crippen LogP contribution is 2.46. The van der Waals surface area contributed by atoms with Gasteiger partial charge in [-0.25, -0.2) is 4.98 Å². The van der Waals surface area contributed by atoms with Gasteiger partial charge in [0.1, 0.15) is 0 Å². The Balaban J connectivity index is 1.61. The fourth-order valence-corrected chi connectivity index (χ4v) is 5.62. The summed E-state index contributed by atoms with van der Waals surface area (Å²) in [6.45, 7) is 0. The van der Waals surface area contributed by atoms with Gasteiger partial charge in [0, 0.05) is 29.9 Å². The van der Waals surface area contributed by atoms with Gasteiger partial charge in [0.15, 0.2) is 5.15 Å². The van der Waals surface area contributed by atoms with Crippen molar-refractivity contribution in [2.75, 3.05) is 0 Å². The van der Waals surface area contributed by atoms with E-state index in [1.165, 1.54) is 62.8 Å². The number of aromatic nitrogens is 2. The highest BCUT2D eigenvalue weighted by atomic mass is 35.5. The summed E-state index contributed by atoms with van der Waals surface area (Å²) in [5.41, 5.74) is 4.04. The molecule has 2 bridgehead atoms. The average molecular weight is 384 g/mol. The normalized spacial score (nSPS) is 23.9. The van der Waals surface area contributed by atoms with Gasteiger partial charge in [-0.3, -0.25) is 9.36 Å². The molecule has 0 unspecified atom stereocenters. The molecule has 0 amide bonds. The first-order chi connectivity index (χ1) is 13.2. The van der Waals surface area contributed by atoms with E-state index in [9.17, 15) is 4.79 Å². The van der Waals surface area contributed by atoms with Crippen molar-refractivity contribution in [3.8, 4) is 0 Å². The van der Waals surface area contributed by atoms with Crippen LogP contribution in [-0.4, -0.2) is 26.5 Å². The van der Waals surface area contributed by atoms with Crippen LogP contribution in [-0.2, 0) is 0 Å². The van der Waals surface area contributed by atoms with E-state index in [-0.39, 0.29) is 10.7 Å². The molecular formula is C22H26ClN3O. The van der Waals surface area contributed by atoms with E-state index in [0.29, 0.717) is 12.1 Å². The van der Waals surface area contributed by atoms with Crippen LogP contribution in [0.15, 0.2) is 34.8 Å². The number of allylic oxidation sites excluding steroid dienone is 1. The predicted molar refractivity (Wildman–Crippen MR) is 110 cm³/mol. The molecule has 1 aromatic carbocycles. The lowest BCUT2D eigenvalue weighted by molar-refractivity contribution is 0.197. The molecule has 1 aliphatic carbocycles. The molecule has 2 aliphatic heterocycles. The Labute approximate surface area is 164 Å². The van der Waals surface area contributed by atoms with Crippen molar-refractivity contribution in [1.29, 1.82) is 0 Å². The van der Waals surface area contributed by atoms with Gasteiger partial charge in [-0.05, 0) is 37.8 Å². The van der Waals surface area contributed by atoms with E-state index < -0.39 is 0 Å². The quantitative estimate of drug-likeness (QED) is 0.715. The molecule has 5 heteroatoms. The van der Waals surface area contributed by atoms with Crippen molar-refractivity contribution in [2.24, 2.45) is 0 Å². The first-order valence-electron chi connectivity index (χ1n) is 10.4. The fourth-order valence-electron chi connectivity index (χ4n) is 5.45. The molecule has 1 saturated heterocycles. The van der Waals surface area contributed by atoms with Gasteiger partial charge in [-0.2, -0.15) is 0 Å². The number of para-hydroxylation sites is 2. The summed E-state index contributed by atoms with van der Waals surface area (Å²) in [6.07, 6.45) is 12.6. The van der Waals surface area contributed by atoms with E-state index in [1.807, 2.05) is 28.8 Å². The topological polar surface area (TPSA) is 38.1 Å². The zero-order valence-electron chi connectivity index (χ0n) is 15.7. The number of nitrogens with zero attached hydrogens (tertiary/aromatic N) is 3. The van der Waals surface area contributed by atoms with Gasteiger partial charge in [0.05, 0.1) is 11.0 Å². The molecule has 1 atom stereocenters. The van der Waals surface area contributed by atoms with Crippen LogP contribution in [0.25, 0.3) is 16.7 Å². The summed E-state index contributed by atoms with van der Waals surface area (Å²) in [5.74, 6) is 0. The molecule has 5 rings (SSSR count). The molecular weight excluding hydrogens is 358 g/mol. The molecule has 4 nitrogen and oxygen atoms in total. The zero-order chi connectivity index (χ0) is 18.4. The molecule has 3 aliphatic rings. The third kappa shape index (κ3) is 2.89. The summed E-state index contributed by atoms with van der Waals surface area (Å²) >= 11 is 6.22. The van der Waals surface area contributed by atoms with Crippen molar-refractivity contribution in [1.82, 2.24) is 14.5 Å². The van der Waals surface area contributed by atoms with Crippen LogP contribution in [0.4, 0.5) is 0 Å². The maximum absolute atomic E-state index is 12.9. The van der Waals surface area contributed by atoms with E-state index in [1.54, 1.807) is 0 Å². The largest absolute Gasteiger partial charge is 0.367 e. The van der Waals surface area contributed by atoms with Gasteiger partial charge in [-0.15, -0.1) is 0 Å². The lowest BCUT2D eigenvalue weighted by atomic mass is 9.95. The highest BCUT2D eigenvalue weighted by molar-refractivity contribution is 6.29. The van der Waals surface area contributed by atoms with Gasteiger partial charge in [0.25, 0.3) is 5.56 Å². The molecule has 27 heavy (non-hydrogen) atoms. The second kappa shape index (κ2) is 6.97. The first-order valence-corrected chi connectivity index (χ1v) is 10.8. The number of hydrogen-bond donors (Lipinski definition) is 0. The smallest absolute Gasteiger partial charge is 0.293 e. The molecule has 1 saturated carbocycles. The van der Waals surface area contributed by atoms with Crippen molar-refractivity contribution in [2.45, 2.75) is 76.3 Å². The standard InChI is InChI=1S/C22H26ClN3O/c23-21-22(27)26(18-11-7-6-10-17(18)24-21)20-14-16-12-13-19(20)25(16)15-8-4-2-1-3-5-9-15/h6-7,10-11,15-16H,1-5,8-9,12-14H2/t16-/m0/s1. The predicted octanol–water partition coefficient (Wildman–Crippen LogP) is 5.20. The third-order valence-corrected chi connectivity index (χ3v) is 6.89. The van der Waals surface area contributed by atoms with Gasteiger partial charge in [0.2, 0.25) is 0 Å². The van der Waals surface area contributed by atoms with Crippen LogP contribution in [0.3, 0.4) is 0 Å². The number of fused-ring (bicyclic) bond motifs is 3. The molecule has 1 aromatic heterocycles. The van der Waals surface area contributed by atoms with E-state index in [0.717, 1.165) is 23.9 Å². The Bertz CT molecular complexity index is 956. The lowest BCUT2D eigenvalue weighted by Crippen LogP contribution is -2.35. The summed E-state index contributed by atoms with van der Waals surface area (Å²) in [7, 11) is 0. The average Bonchev–Trinajstić information content (AvgIpc) is 3.20. The molecule has 0 spiro atoms. The Kier molecular flexibility index (Phi) is 4.47. The van der Waals surface area contributed by atoms with Crippen molar-refractivity contribution in [3.63, 3.8) is 0 Å². The van der Waals surface area contributed by atoms with Gasteiger partial charge in [-0.1, -0.05) is 55.8 Å². The Morgan fingerprint density at radius 1 is 0.926 bits per heavy atom. The van der Waals surface area contributed by atoms with E-state index in [4.69, 9.17) is 11.6 Å². The molecule has 142 valence electrons. The van der Waals surface area contributed by atoms with Crippen LogP contribution in [0.1, 0.15) is 64.2 Å². The second-order valence-corrected chi connectivity index (χ2v) is 8.59. The summed E-state index contributed by atoms with van der Waals surface area (Å²) in [4.78, 5) is 19.9.